The van der Waals surface area contributed by atoms with Crippen LogP contribution in [0.2, 0.25) is 0 Å². The van der Waals surface area contributed by atoms with Gasteiger partial charge in [0.15, 0.2) is 5.82 Å². The number of esters is 1. The Kier molecular flexibility index (Phi) is 4.24. The molecule has 0 atom stereocenters. The van der Waals surface area contributed by atoms with E-state index in [1.54, 1.807) is 29.6 Å². The third-order valence-corrected chi connectivity index (χ3v) is 6.21. The lowest BCUT2D eigenvalue weighted by Gasteiger charge is -2.05. The molecule has 4 aromatic heterocycles. The molecule has 25 heavy (non-hydrogen) atoms. The molecule has 4 rings (SSSR count). The predicted molar refractivity (Wildman–Crippen MR) is 104 cm³/mol. The number of anilines is 1. The van der Waals surface area contributed by atoms with Crippen molar-refractivity contribution in [1.29, 1.82) is 0 Å². The summed E-state index contributed by atoms with van der Waals surface area (Å²) in [5.74, 6) is 0.220. The van der Waals surface area contributed by atoms with Gasteiger partial charge in [-0.3, -0.25) is 0 Å². The summed E-state index contributed by atoms with van der Waals surface area (Å²) in [5.41, 5.74) is 8.38. The van der Waals surface area contributed by atoms with Crippen LogP contribution in [0.25, 0.3) is 32.2 Å². The van der Waals surface area contributed by atoms with Gasteiger partial charge in [-0.1, -0.05) is 6.07 Å². The van der Waals surface area contributed by atoms with Gasteiger partial charge in [-0.15, -0.1) is 22.7 Å². The minimum Gasteiger partial charge on any atom is -0.462 e. The molecule has 0 saturated heterocycles. The van der Waals surface area contributed by atoms with Gasteiger partial charge in [0.1, 0.15) is 9.71 Å². The molecule has 2 N–H and O–H groups in total. The summed E-state index contributed by atoms with van der Waals surface area (Å²) < 4.78 is 5.12. The van der Waals surface area contributed by atoms with E-state index in [4.69, 9.17) is 15.5 Å². The van der Waals surface area contributed by atoms with E-state index < -0.39 is 5.97 Å². The van der Waals surface area contributed by atoms with Gasteiger partial charge in [0, 0.05) is 10.9 Å². The lowest BCUT2D eigenvalue weighted by Crippen LogP contribution is -2.05. The molecule has 0 bridgehead atoms. The molecule has 0 radical (unpaired) electrons. The first-order valence-corrected chi connectivity index (χ1v) is 10.2. The van der Waals surface area contributed by atoms with Gasteiger partial charge >= 0.3 is 5.97 Å². The summed E-state index contributed by atoms with van der Waals surface area (Å²) in [6.07, 6.45) is 0. The summed E-state index contributed by atoms with van der Waals surface area (Å²) in [6, 6.07) is 5.93. The molecular weight excluding hydrogens is 374 g/mol. The van der Waals surface area contributed by atoms with Crippen LogP contribution >= 0.6 is 34.0 Å². The lowest BCUT2D eigenvalue weighted by molar-refractivity contribution is 0.0533. The van der Waals surface area contributed by atoms with Crippen molar-refractivity contribution in [3.05, 3.63) is 39.2 Å². The van der Waals surface area contributed by atoms with Crippen LogP contribution in [0.1, 0.15) is 16.6 Å². The van der Waals surface area contributed by atoms with Gasteiger partial charge in [-0.25, -0.2) is 14.8 Å². The van der Waals surface area contributed by atoms with E-state index in [-0.39, 0.29) is 0 Å². The molecule has 4 aromatic rings. The molecule has 5 nitrogen and oxygen atoms in total. The molecule has 0 unspecified atom stereocenters. The Balaban J connectivity index is 2.00. The van der Waals surface area contributed by atoms with Crippen LogP contribution in [0, 0.1) is 0 Å². The van der Waals surface area contributed by atoms with Gasteiger partial charge in [-0.2, -0.15) is 11.3 Å². The first-order chi connectivity index (χ1) is 12.2. The second-order valence-electron chi connectivity index (χ2n) is 5.13. The van der Waals surface area contributed by atoms with Crippen LogP contribution in [0.3, 0.4) is 0 Å². The first kappa shape index (κ1) is 16.2. The van der Waals surface area contributed by atoms with Crippen molar-refractivity contribution in [3.8, 4) is 22.0 Å². The SMILES string of the molecule is CCOC(=O)c1sc2nc(-c3cccs3)nc(-c3ccsc3)c2c1N. The van der Waals surface area contributed by atoms with Crippen molar-refractivity contribution in [3.63, 3.8) is 0 Å². The highest BCUT2D eigenvalue weighted by Crippen LogP contribution is 2.40. The summed E-state index contributed by atoms with van der Waals surface area (Å²) in [7, 11) is 0. The number of hydrogen-bond acceptors (Lipinski definition) is 8. The van der Waals surface area contributed by atoms with Gasteiger partial charge in [0.25, 0.3) is 0 Å². The largest absolute Gasteiger partial charge is 0.462 e. The highest BCUT2D eigenvalue weighted by Gasteiger charge is 2.23. The fourth-order valence-electron chi connectivity index (χ4n) is 2.49. The molecule has 0 fully saturated rings. The molecule has 126 valence electrons. The zero-order chi connectivity index (χ0) is 17.4. The second kappa shape index (κ2) is 6.55. The summed E-state index contributed by atoms with van der Waals surface area (Å²) >= 11 is 4.41. The number of nitrogens with zero attached hydrogens (tertiary/aromatic N) is 2. The molecule has 4 heterocycles. The highest BCUT2D eigenvalue weighted by atomic mass is 32.1. The maximum absolute atomic E-state index is 12.2. The average molecular weight is 388 g/mol. The first-order valence-electron chi connectivity index (χ1n) is 7.52. The van der Waals surface area contributed by atoms with Crippen LogP contribution in [0.15, 0.2) is 34.3 Å². The Labute approximate surface area is 155 Å². The van der Waals surface area contributed by atoms with Gasteiger partial charge < -0.3 is 10.5 Å². The molecule has 8 heteroatoms. The third-order valence-electron chi connectivity index (χ3n) is 3.59. The van der Waals surface area contributed by atoms with Crippen LogP contribution in [-0.2, 0) is 4.74 Å². The third kappa shape index (κ3) is 2.82. The number of hydrogen-bond donors (Lipinski definition) is 1. The monoisotopic (exact) mass is 387 g/mol. The predicted octanol–water partition coefficient (Wildman–Crippen LogP) is 4.91. The number of thiophene rings is 3. The van der Waals surface area contributed by atoms with Crippen molar-refractivity contribution in [2.45, 2.75) is 6.92 Å². The lowest BCUT2D eigenvalue weighted by atomic mass is 10.1. The normalized spacial score (nSPS) is 11.1. The number of ether oxygens (including phenoxy) is 1. The maximum atomic E-state index is 12.2. The van der Waals surface area contributed by atoms with E-state index in [2.05, 4.69) is 4.98 Å². The molecule has 0 amide bonds. The molecule has 0 aliphatic carbocycles. The Bertz CT molecular complexity index is 1040. The van der Waals surface area contributed by atoms with Crippen LogP contribution in [0.5, 0.6) is 0 Å². The summed E-state index contributed by atoms with van der Waals surface area (Å²) in [4.78, 5) is 23.7. The Hall–Kier alpha value is -2.29. The number of carbonyl (C=O) groups is 1. The quantitative estimate of drug-likeness (QED) is 0.504. The number of nitrogens with two attached hydrogens (primary N) is 1. The van der Waals surface area contributed by atoms with E-state index in [1.807, 2.05) is 34.3 Å². The second-order valence-corrected chi connectivity index (χ2v) is 7.86. The Morgan fingerprint density at radius 2 is 2.16 bits per heavy atom. The number of rotatable bonds is 4. The fraction of sp³-hybridized carbons (Fsp3) is 0.118. The minimum atomic E-state index is -0.419. The topological polar surface area (TPSA) is 78.1 Å². The highest BCUT2D eigenvalue weighted by molar-refractivity contribution is 7.21. The van der Waals surface area contributed by atoms with E-state index in [1.165, 1.54) is 11.3 Å². The molecule has 0 aromatic carbocycles. The number of carbonyl (C=O) groups excluding carboxylic acids is 1. The smallest absolute Gasteiger partial charge is 0.350 e. The fourth-order valence-corrected chi connectivity index (χ4v) is 4.78. The molecule has 0 aliphatic rings. The van der Waals surface area contributed by atoms with Crippen molar-refractivity contribution in [1.82, 2.24) is 9.97 Å². The zero-order valence-electron chi connectivity index (χ0n) is 13.2. The van der Waals surface area contributed by atoms with E-state index in [0.29, 0.717) is 33.2 Å². The number of nitrogen functional groups attached to an aromatic ring is 1. The van der Waals surface area contributed by atoms with Crippen molar-refractivity contribution in [2.24, 2.45) is 0 Å². The Morgan fingerprint density at radius 3 is 2.84 bits per heavy atom. The van der Waals surface area contributed by atoms with E-state index in [0.717, 1.165) is 16.1 Å². The minimum absolute atomic E-state index is 0.302. The van der Waals surface area contributed by atoms with Crippen LogP contribution in [-0.4, -0.2) is 22.5 Å². The number of fused-ring (bicyclic) bond motifs is 1. The van der Waals surface area contributed by atoms with Gasteiger partial charge in [-0.05, 0) is 29.8 Å². The van der Waals surface area contributed by atoms with Gasteiger partial charge in [0.2, 0.25) is 0 Å². The van der Waals surface area contributed by atoms with E-state index in [9.17, 15) is 4.79 Å². The molecule has 0 spiro atoms. The summed E-state index contributed by atoms with van der Waals surface area (Å²) in [5, 5.41) is 6.70. The van der Waals surface area contributed by atoms with Crippen molar-refractivity contribution < 1.29 is 9.53 Å². The maximum Gasteiger partial charge on any atom is 0.350 e. The number of aromatic nitrogens is 2. The van der Waals surface area contributed by atoms with Crippen molar-refractivity contribution in [2.75, 3.05) is 12.3 Å². The molecule has 0 saturated carbocycles. The van der Waals surface area contributed by atoms with Crippen LogP contribution in [0.4, 0.5) is 5.69 Å². The molecular formula is C17H13N3O2S3. The average Bonchev–Trinajstić information content (AvgIpc) is 3.36. The van der Waals surface area contributed by atoms with E-state index >= 15 is 0 Å². The van der Waals surface area contributed by atoms with Crippen LogP contribution < -0.4 is 5.73 Å². The standard InChI is InChI=1S/C17H13N3O2S3/c1-2-22-17(21)14-12(18)11-13(9-5-7-23-8-9)19-15(20-16(11)25-14)10-4-3-6-24-10/h3-8H,2,18H2,1H3. The molecule has 0 aliphatic heterocycles. The zero-order valence-corrected chi connectivity index (χ0v) is 15.6. The van der Waals surface area contributed by atoms with Crippen molar-refractivity contribution >= 4 is 55.9 Å². The Morgan fingerprint density at radius 1 is 1.28 bits per heavy atom. The van der Waals surface area contributed by atoms with Gasteiger partial charge in [0.05, 0.1) is 28.3 Å². The summed E-state index contributed by atoms with van der Waals surface area (Å²) in [6.45, 7) is 2.07.